The minimum absolute atomic E-state index is 0.474. The number of anilines is 1. The van der Waals surface area contributed by atoms with Gasteiger partial charge in [-0.15, -0.1) is 0 Å². The van der Waals surface area contributed by atoms with Gasteiger partial charge in [0, 0.05) is 50.0 Å². The van der Waals surface area contributed by atoms with Gasteiger partial charge >= 0.3 is 0 Å². The highest BCUT2D eigenvalue weighted by molar-refractivity contribution is 5.80. The van der Waals surface area contributed by atoms with E-state index in [0.717, 1.165) is 50.0 Å². The van der Waals surface area contributed by atoms with Crippen LogP contribution < -0.4 is 29.2 Å². The molecule has 0 amide bonds. The van der Waals surface area contributed by atoms with E-state index in [1.807, 2.05) is 24.3 Å². The van der Waals surface area contributed by atoms with Gasteiger partial charge in [-0.25, -0.2) is 4.99 Å². The average molecular weight is 443 g/mol. The molecule has 174 valence electrons. The Morgan fingerprint density at radius 3 is 2.28 bits per heavy atom. The molecular weight excluding hydrogens is 408 g/mol. The van der Waals surface area contributed by atoms with Crippen molar-refractivity contribution in [1.82, 2.24) is 10.2 Å². The van der Waals surface area contributed by atoms with E-state index in [4.69, 9.17) is 23.9 Å². The third-order valence-electron chi connectivity index (χ3n) is 5.52. The maximum atomic E-state index is 5.60. The monoisotopic (exact) mass is 442 g/mol. The van der Waals surface area contributed by atoms with Crippen LogP contribution in [0.5, 0.6) is 23.0 Å². The van der Waals surface area contributed by atoms with Crippen molar-refractivity contribution in [3.05, 3.63) is 42.0 Å². The van der Waals surface area contributed by atoms with Gasteiger partial charge in [0.2, 0.25) is 5.75 Å². The van der Waals surface area contributed by atoms with Gasteiger partial charge in [-0.2, -0.15) is 0 Å². The lowest BCUT2D eigenvalue weighted by Gasteiger charge is -2.37. The fraction of sp³-hybridized carbons (Fsp3) is 0.458. The first kappa shape index (κ1) is 23.4. The van der Waals surface area contributed by atoms with Crippen LogP contribution in [0.2, 0.25) is 0 Å². The van der Waals surface area contributed by atoms with Gasteiger partial charge in [0.05, 0.1) is 35.0 Å². The van der Waals surface area contributed by atoms with E-state index < -0.39 is 0 Å². The van der Waals surface area contributed by atoms with Gasteiger partial charge in [-0.3, -0.25) is 0 Å². The maximum absolute atomic E-state index is 5.60. The summed E-state index contributed by atoms with van der Waals surface area (Å²) in [4.78, 5) is 9.56. The quantitative estimate of drug-likeness (QED) is 0.498. The van der Waals surface area contributed by atoms with E-state index in [9.17, 15) is 0 Å². The Balaban J connectivity index is 1.72. The molecule has 3 rings (SSSR count). The molecule has 1 fully saturated rings. The van der Waals surface area contributed by atoms with Crippen LogP contribution in [0.4, 0.5) is 5.69 Å². The van der Waals surface area contributed by atoms with Crippen LogP contribution in [0.25, 0.3) is 0 Å². The molecule has 32 heavy (non-hydrogen) atoms. The van der Waals surface area contributed by atoms with Crippen molar-refractivity contribution in [2.24, 2.45) is 4.99 Å². The predicted octanol–water partition coefficient (Wildman–Crippen LogP) is 3.01. The molecule has 1 aliphatic rings. The molecule has 8 heteroatoms. The second kappa shape index (κ2) is 11.4. The zero-order valence-corrected chi connectivity index (χ0v) is 19.7. The lowest BCUT2D eigenvalue weighted by molar-refractivity contribution is 0.322. The molecule has 0 aliphatic carbocycles. The van der Waals surface area contributed by atoms with Crippen LogP contribution in [-0.4, -0.2) is 72.0 Å². The molecule has 1 N–H and O–H groups in total. The molecule has 1 aliphatic heterocycles. The van der Waals surface area contributed by atoms with E-state index >= 15 is 0 Å². The number of nitrogens with one attached hydrogen (secondary N) is 1. The summed E-state index contributed by atoms with van der Waals surface area (Å²) in [6, 6.07) is 12.1. The molecule has 2 aromatic rings. The van der Waals surface area contributed by atoms with Gasteiger partial charge < -0.3 is 34.1 Å². The predicted molar refractivity (Wildman–Crippen MR) is 128 cm³/mol. The van der Waals surface area contributed by atoms with Crippen molar-refractivity contribution in [2.75, 3.05) is 66.1 Å². The third kappa shape index (κ3) is 5.30. The van der Waals surface area contributed by atoms with Crippen LogP contribution in [0, 0.1) is 0 Å². The summed E-state index contributed by atoms with van der Waals surface area (Å²) < 4.78 is 21.9. The van der Waals surface area contributed by atoms with Crippen molar-refractivity contribution in [3.63, 3.8) is 0 Å². The minimum atomic E-state index is 0.474. The van der Waals surface area contributed by atoms with Gasteiger partial charge in [0.1, 0.15) is 5.75 Å². The first-order valence-corrected chi connectivity index (χ1v) is 10.8. The first-order valence-electron chi connectivity index (χ1n) is 10.8. The summed E-state index contributed by atoms with van der Waals surface area (Å²) in [6.45, 7) is 6.95. The third-order valence-corrected chi connectivity index (χ3v) is 5.52. The Bertz CT molecular complexity index is 911. The van der Waals surface area contributed by atoms with Gasteiger partial charge in [0.15, 0.2) is 17.5 Å². The molecule has 0 radical (unpaired) electrons. The van der Waals surface area contributed by atoms with Gasteiger partial charge in [0.25, 0.3) is 0 Å². The number of rotatable bonds is 8. The number of methoxy groups -OCH3 is 4. The number of benzene rings is 2. The van der Waals surface area contributed by atoms with E-state index in [-0.39, 0.29) is 0 Å². The number of nitrogens with zero attached hydrogens (tertiary/aromatic N) is 3. The molecule has 0 spiro atoms. The fourth-order valence-electron chi connectivity index (χ4n) is 3.86. The topological polar surface area (TPSA) is 67.8 Å². The summed E-state index contributed by atoms with van der Waals surface area (Å²) in [5, 5.41) is 3.42. The zero-order valence-electron chi connectivity index (χ0n) is 19.7. The van der Waals surface area contributed by atoms with E-state index in [2.05, 4.69) is 34.2 Å². The summed E-state index contributed by atoms with van der Waals surface area (Å²) in [7, 11) is 6.56. The van der Waals surface area contributed by atoms with E-state index in [0.29, 0.717) is 23.8 Å². The maximum Gasteiger partial charge on any atom is 0.203 e. The smallest absolute Gasteiger partial charge is 0.203 e. The van der Waals surface area contributed by atoms with Gasteiger partial charge in [-0.05, 0) is 31.2 Å². The van der Waals surface area contributed by atoms with Crippen LogP contribution in [0.1, 0.15) is 12.5 Å². The number of hydrogen-bond acceptors (Lipinski definition) is 6. The van der Waals surface area contributed by atoms with Crippen molar-refractivity contribution >= 4 is 11.6 Å². The Morgan fingerprint density at radius 2 is 1.66 bits per heavy atom. The molecule has 0 unspecified atom stereocenters. The first-order chi connectivity index (χ1) is 15.6. The minimum Gasteiger partial charge on any atom is -0.497 e. The molecule has 0 atom stereocenters. The van der Waals surface area contributed by atoms with E-state index in [1.54, 1.807) is 28.4 Å². The molecule has 0 aromatic heterocycles. The fourth-order valence-corrected chi connectivity index (χ4v) is 3.86. The number of guanidine groups is 1. The van der Waals surface area contributed by atoms with E-state index in [1.165, 1.54) is 5.69 Å². The largest absolute Gasteiger partial charge is 0.497 e. The second-order valence-electron chi connectivity index (χ2n) is 7.34. The Kier molecular flexibility index (Phi) is 8.30. The summed E-state index contributed by atoms with van der Waals surface area (Å²) in [5.74, 6) is 3.64. The standard InChI is InChI=1S/C24H34N4O4/c1-6-25-24(26-17-18-10-11-21(30-3)23(32-5)22(18)31-4)28-14-12-27(13-15-28)19-8-7-9-20(16-19)29-2/h7-11,16H,6,12-15,17H2,1-5H3,(H,25,26). The molecule has 8 nitrogen and oxygen atoms in total. The molecule has 0 saturated carbocycles. The second-order valence-corrected chi connectivity index (χ2v) is 7.34. The zero-order chi connectivity index (χ0) is 22.9. The number of ether oxygens (including phenoxy) is 4. The van der Waals surface area contributed by atoms with Crippen molar-refractivity contribution in [3.8, 4) is 23.0 Å². The van der Waals surface area contributed by atoms with Crippen LogP contribution in [0.3, 0.4) is 0 Å². The summed E-state index contributed by atoms with van der Waals surface area (Å²) >= 11 is 0. The molecule has 0 bridgehead atoms. The number of aliphatic imine (C=N–C) groups is 1. The van der Waals surface area contributed by atoms with Crippen LogP contribution >= 0.6 is 0 Å². The molecule has 2 aromatic carbocycles. The van der Waals surface area contributed by atoms with Crippen LogP contribution in [0.15, 0.2) is 41.4 Å². The Labute approximate surface area is 190 Å². The van der Waals surface area contributed by atoms with Crippen LogP contribution in [-0.2, 0) is 6.54 Å². The lowest BCUT2D eigenvalue weighted by atomic mass is 10.1. The van der Waals surface area contributed by atoms with Crippen molar-refractivity contribution in [2.45, 2.75) is 13.5 Å². The highest BCUT2D eigenvalue weighted by Gasteiger charge is 2.21. The average Bonchev–Trinajstić information content (AvgIpc) is 2.85. The van der Waals surface area contributed by atoms with Gasteiger partial charge in [-0.1, -0.05) is 6.07 Å². The summed E-state index contributed by atoms with van der Waals surface area (Å²) in [6.07, 6.45) is 0. The summed E-state index contributed by atoms with van der Waals surface area (Å²) in [5.41, 5.74) is 2.12. The van der Waals surface area contributed by atoms with Crippen molar-refractivity contribution < 1.29 is 18.9 Å². The van der Waals surface area contributed by atoms with Crippen molar-refractivity contribution in [1.29, 1.82) is 0 Å². The Morgan fingerprint density at radius 1 is 0.906 bits per heavy atom. The molecule has 1 saturated heterocycles. The highest BCUT2D eigenvalue weighted by atomic mass is 16.5. The highest BCUT2D eigenvalue weighted by Crippen LogP contribution is 2.40. The SMILES string of the molecule is CCNC(=NCc1ccc(OC)c(OC)c1OC)N1CCN(c2cccc(OC)c2)CC1. The normalized spacial score (nSPS) is 14.2. The lowest BCUT2D eigenvalue weighted by Crippen LogP contribution is -2.52. The number of piperazine rings is 1. The molecule has 1 heterocycles. The number of hydrogen-bond donors (Lipinski definition) is 1. The molecular formula is C24H34N4O4. The Hall–Kier alpha value is -3.29.